The van der Waals surface area contributed by atoms with Crippen LogP contribution >= 0.6 is 11.3 Å². The first kappa shape index (κ1) is 16.4. The molecule has 1 aromatic carbocycles. The number of carbonyl (C=O) groups is 2. The molecular weight excluding hydrogens is 350 g/mol. The number of Topliss-reactive ketones (excluding diaryl/α,β-unsaturated/α-hetero) is 1. The summed E-state index contributed by atoms with van der Waals surface area (Å²) in [5.74, 6) is -1.40. The summed E-state index contributed by atoms with van der Waals surface area (Å²) in [6.45, 7) is 1.70. The number of ketones is 1. The maximum Gasteiger partial charge on any atom is 0.296 e. The molecule has 3 aromatic rings. The second-order valence-corrected chi connectivity index (χ2v) is 6.88. The van der Waals surface area contributed by atoms with Gasteiger partial charge in [0.05, 0.1) is 21.8 Å². The number of anilines is 1. The number of rotatable bonds is 4. The van der Waals surface area contributed by atoms with E-state index in [1.807, 2.05) is 24.3 Å². The quantitative estimate of drug-likeness (QED) is 0.764. The molecule has 1 aliphatic rings. The molecule has 1 unspecified atom stereocenters. The molecule has 1 amide bonds. The number of benzene rings is 1. The average molecular weight is 365 g/mol. The lowest BCUT2D eigenvalue weighted by molar-refractivity contribution is -0.118. The predicted molar refractivity (Wildman–Crippen MR) is 99.0 cm³/mol. The molecule has 0 saturated carbocycles. The van der Waals surface area contributed by atoms with Crippen molar-refractivity contribution in [2.75, 3.05) is 4.90 Å². The Morgan fingerprint density at radius 2 is 2.08 bits per heavy atom. The summed E-state index contributed by atoms with van der Waals surface area (Å²) in [7, 11) is 0. The molecule has 7 heteroatoms. The van der Waals surface area contributed by atoms with Crippen LogP contribution in [0.25, 0.3) is 10.2 Å². The van der Waals surface area contributed by atoms with Crippen molar-refractivity contribution in [3.05, 3.63) is 65.7 Å². The fourth-order valence-corrected chi connectivity index (χ4v) is 4.09. The van der Waals surface area contributed by atoms with Gasteiger partial charge in [-0.1, -0.05) is 36.5 Å². The van der Waals surface area contributed by atoms with Crippen molar-refractivity contribution < 1.29 is 14.7 Å². The summed E-state index contributed by atoms with van der Waals surface area (Å²) >= 11 is 1.34. The summed E-state index contributed by atoms with van der Waals surface area (Å²) in [4.78, 5) is 35.3. The molecule has 4 rings (SSSR count). The second kappa shape index (κ2) is 6.34. The van der Waals surface area contributed by atoms with E-state index in [-0.39, 0.29) is 17.8 Å². The van der Waals surface area contributed by atoms with Crippen LogP contribution in [-0.2, 0) is 9.59 Å². The molecule has 2 aromatic heterocycles. The average Bonchev–Trinajstić information content (AvgIpc) is 3.21. The van der Waals surface area contributed by atoms with E-state index in [1.165, 1.54) is 16.2 Å². The van der Waals surface area contributed by atoms with Crippen molar-refractivity contribution in [2.45, 2.75) is 19.4 Å². The molecule has 0 aliphatic carbocycles. The van der Waals surface area contributed by atoms with E-state index in [2.05, 4.69) is 9.97 Å². The van der Waals surface area contributed by atoms with Crippen LogP contribution in [0.3, 0.4) is 0 Å². The summed E-state index contributed by atoms with van der Waals surface area (Å²) in [6.07, 6.45) is 3.41. The molecule has 1 N–H and O–H groups in total. The highest BCUT2D eigenvalue weighted by Gasteiger charge is 2.45. The lowest BCUT2D eigenvalue weighted by Crippen LogP contribution is -2.30. The first-order chi connectivity index (χ1) is 12.6. The maximum atomic E-state index is 12.8. The minimum atomic E-state index is -0.732. The molecule has 130 valence electrons. The van der Waals surface area contributed by atoms with E-state index in [9.17, 15) is 14.7 Å². The number of fused-ring (bicyclic) bond motifs is 1. The number of carbonyl (C=O) groups excluding carboxylic acids is 2. The SMILES string of the molecule is CCC(=O)C1=C(O)C(=O)N(c2nc3ccccc3s2)C1c1cccnc1. The maximum absolute atomic E-state index is 12.8. The minimum Gasteiger partial charge on any atom is -0.503 e. The molecule has 0 bridgehead atoms. The molecule has 1 atom stereocenters. The van der Waals surface area contributed by atoms with Crippen LogP contribution in [0, 0.1) is 0 Å². The number of hydrogen-bond donors (Lipinski definition) is 1. The normalized spacial score (nSPS) is 17.3. The van der Waals surface area contributed by atoms with Gasteiger partial charge in [0.1, 0.15) is 0 Å². The van der Waals surface area contributed by atoms with E-state index < -0.39 is 17.7 Å². The highest BCUT2D eigenvalue weighted by atomic mass is 32.1. The summed E-state index contributed by atoms with van der Waals surface area (Å²) in [6, 6.07) is 10.3. The van der Waals surface area contributed by atoms with Gasteiger partial charge in [0.15, 0.2) is 16.7 Å². The standard InChI is InChI=1S/C19H15N3O3S/c1-2-13(23)15-16(11-6-5-9-20-10-11)22(18(25)17(15)24)19-21-12-7-3-4-8-14(12)26-19/h3-10,16,24H,2H2,1H3. The number of pyridine rings is 1. The van der Waals surface area contributed by atoms with Crippen LogP contribution in [-0.4, -0.2) is 26.8 Å². The predicted octanol–water partition coefficient (Wildman–Crippen LogP) is 3.57. The number of aromatic nitrogens is 2. The van der Waals surface area contributed by atoms with Gasteiger partial charge in [-0.05, 0) is 23.8 Å². The Kier molecular flexibility index (Phi) is 4.00. The van der Waals surface area contributed by atoms with E-state index in [1.54, 1.807) is 31.5 Å². The zero-order chi connectivity index (χ0) is 18.3. The number of nitrogens with zero attached hydrogens (tertiary/aromatic N) is 3. The van der Waals surface area contributed by atoms with Gasteiger partial charge in [-0.25, -0.2) is 4.98 Å². The van der Waals surface area contributed by atoms with Crippen LogP contribution in [0.15, 0.2) is 60.1 Å². The van der Waals surface area contributed by atoms with Crippen molar-refractivity contribution in [3.8, 4) is 0 Å². The highest BCUT2D eigenvalue weighted by molar-refractivity contribution is 7.22. The molecular formula is C19H15N3O3S. The van der Waals surface area contributed by atoms with Crippen LogP contribution in [0.4, 0.5) is 5.13 Å². The van der Waals surface area contributed by atoms with Crippen LogP contribution in [0.5, 0.6) is 0 Å². The number of aliphatic hydroxyl groups is 1. The van der Waals surface area contributed by atoms with Gasteiger partial charge < -0.3 is 5.11 Å². The minimum absolute atomic E-state index is 0.102. The Balaban J connectivity index is 1.90. The van der Waals surface area contributed by atoms with Crippen molar-refractivity contribution in [1.82, 2.24) is 9.97 Å². The van der Waals surface area contributed by atoms with Gasteiger partial charge in [-0.3, -0.25) is 19.5 Å². The molecule has 0 radical (unpaired) electrons. The van der Waals surface area contributed by atoms with Crippen LogP contribution < -0.4 is 4.90 Å². The number of thiazole rings is 1. The fourth-order valence-electron chi connectivity index (χ4n) is 3.09. The Hall–Kier alpha value is -3.06. The van der Waals surface area contributed by atoms with Crippen molar-refractivity contribution in [3.63, 3.8) is 0 Å². The van der Waals surface area contributed by atoms with Gasteiger partial charge in [0.25, 0.3) is 5.91 Å². The monoisotopic (exact) mass is 365 g/mol. The third-order valence-corrected chi connectivity index (χ3v) is 5.35. The number of aliphatic hydroxyl groups excluding tert-OH is 1. The van der Waals surface area contributed by atoms with E-state index in [0.29, 0.717) is 10.7 Å². The highest BCUT2D eigenvalue weighted by Crippen LogP contribution is 2.43. The van der Waals surface area contributed by atoms with Crippen molar-refractivity contribution in [2.24, 2.45) is 0 Å². The lowest BCUT2D eigenvalue weighted by atomic mass is 9.96. The van der Waals surface area contributed by atoms with Crippen LogP contribution in [0.1, 0.15) is 24.9 Å². The Morgan fingerprint density at radius 1 is 1.27 bits per heavy atom. The lowest BCUT2D eigenvalue weighted by Gasteiger charge is -2.23. The van der Waals surface area contributed by atoms with Crippen molar-refractivity contribution >= 4 is 38.4 Å². The van der Waals surface area contributed by atoms with Crippen LogP contribution in [0.2, 0.25) is 0 Å². The zero-order valence-corrected chi connectivity index (χ0v) is 14.7. The third-order valence-electron chi connectivity index (χ3n) is 4.32. The molecule has 26 heavy (non-hydrogen) atoms. The topological polar surface area (TPSA) is 83.4 Å². The van der Waals surface area contributed by atoms with Gasteiger partial charge in [0.2, 0.25) is 0 Å². The summed E-state index contributed by atoms with van der Waals surface area (Å²) in [5, 5.41) is 10.9. The first-order valence-electron chi connectivity index (χ1n) is 8.17. The summed E-state index contributed by atoms with van der Waals surface area (Å²) < 4.78 is 0.926. The number of amides is 1. The van der Waals surface area contributed by atoms with Gasteiger partial charge >= 0.3 is 0 Å². The molecule has 0 spiro atoms. The Morgan fingerprint density at radius 3 is 2.77 bits per heavy atom. The number of para-hydroxylation sites is 1. The van der Waals surface area contributed by atoms with Gasteiger partial charge in [-0.2, -0.15) is 0 Å². The van der Waals surface area contributed by atoms with E-state index >= 15 is 0 Å². The van der Waals surface area contributed by atoms with E-state index in [0.717, 1.165) is 10.2 Å². The fraction of sp³-hybridized carbons (Fsp3) is 0.158. The Bertz CT molecular complexity index is 1010. The molecule has 1 aliphatic heterocycles. The largest absolute Gasteiger partial charge is 0.503 e. The molecule has 0 fully saturated rings. The Labute approximate surface area is 153 Å². The second-order valence-electron chi connectivity index (χ2n) is 5.87. The van der Waals surface area contributed by atoms with Gasteiger partial charge in [-0.15, -0.1) is 0 Å². The molecule has 6 nitrogen and oxygen atoms in total. The molecule has 3 heterocycles. The third kappa shape index (κ3) is 2.48. The molecule has 0 saturated heterocycles. The zero-order valence-electron chi connectivity index (χ0n) is 13.9. The number of hydrogen-bond acceptors (Lipinski definition) is 6. The van der Waals surface area contributed by atoms with Gasteiger partial charge in [0, 0.05) is 18.8 Å². The smallest absolute Gasteiger partial charge is 0.296 e. The first-order valence-corrected chi connectivity index (χ1v) is 8.99. The van der Waals surface area contributed by atoms with Crippen molar-refractivity contribution in [1.29, 1.82) is 0 Å². The summed E-state index contributed by atoms with van der Waals surface area (Å²) in [5.41, 5.74) is 1.52. The van der Waals surface area contributed by atoms with E-state index in [4.69, 9.17) is 0 Å².